The van der Waals surface area contributed by atoms with E-state index in [2.05, 4.69) is 95.3 Å². The molecule has 0 radical (unpaired) electrons. The normalized spacial score (nSPS) is 21.4. The van der Waals surface area contributed by atoms with Crippen molar-refractivity contribution in [3.8, 4) is 0 Å². The zero-order chi connectivity index (χ0) is 20.4. The first-order valence-electron chi connectivity index (χ1n) is 10.2. The van der Waals surface area contributed by atoms with E-state index >= 15 is 0 Å². The van der Waals surface area contributed by atoms with Crippen LogP contribution in [0.1, 0.15) is 41.0 Å². The molecule has 0 bridgehead atoms. The molecule has 3 rings (SSSR count). The Hall–Kier alpha value is -1.91. The number of hydrogen-bond acceptors (Lipinski definition) is 3. The monoisotopic (exact) mass is 396 g/mol. The van der Waals surface area contributed by atoms with Crippen LogP contribution in [-0.4, -0.2) is 27.0 Å². The van der Waals surface area contributed by atoms with Crippen LogP contribution in [0, 0.1) is 11.8 Å². The van der Waals surface area contributed by atoms with Crippen molar-refractivity contribution in [1.29, 1.82) is 0 Å². The molecular weight excluding hydrogens is 364 g/mol. The molecule has 0 aromatic heterocycles. The molecule has 150 valence electrons. The molecule has 3 nitrogen and oxygen atoms in total. The topological polar surface area (TPSA) is 35.5 Å². The summed E-state index contributed by atoms with van der Waals surface area (Å²) in [6.07, 6.45) is 0.444. The number of carbonyl (C=O) groups is 1. The van der Waals surface area contributed by atoms with E-state index in [1.54, 1.807) is 0 Å². The average molecular weight is 397 g/mol. The van der Waals surface area contributed by atoms with E-state index in [1.807, 2.05) is 0 Å². The first kappa shape index (κ1) is 20.8. The fourth-order valence-corrected chi connectivity index (χ4v) is 9.15. The van der Waals surface area contributed by atoms with Crippen LogP contribution in [0.5, 0.6) is 0 Å². The lowest BCUT2D eigenvalue weighted by atomic mass is 9.94. The molecule has 1 fully saturated rings. The van der Waals surface area contributed by atoms with Crippen LogP contribution >= 0.6 is 0 Å². The molecule has 28 heavy (non-hydrogen) atoms. The third-order valence-corrected chi connectivity index (χ3v) is 10.9. The van der Waals surface area contributed by atoms with E-state index in [0.29, 0.717) is 13.0 Å². The summed E-state index contributed by atoms with van der Waals surface area (Å²) < 4.78 is 12.6. The molecule has 1 heterocycles. The number of carbonyl (C=O) groups excluding carboxylic acids is 1. The lowest BCUT2D eigenvalue weighted by molar-refractivity contribution is -0.143. The summed E-state index contributed by atoms with van der Waals surface area (Å²) in [4.78, 5) is 11.7. The van der Waals surface area contributed by atoms with Gasteiger partial charge in [0.05, 0.1) is 6.42 Å². The molecule has 0 saturated carbocycles. The van der Waals surface area contributed by atoms with Gasteiger partial charge in [0.15, 0.2) is 0 Å². The predicted molar refractivity (Wildman–Crippen MR) is 116 cm³/mol. The van der Waals surface area contributed by atoms with Gasteiger partial charge in [-0.15, -0.1) is 0 Å². The van der Waals surface area contributed by atoms with Crippen LogP contribution in [-0.2, 0) is 14.0 Å². The number of cyclic esters (lactones) is 1. The van der Waals surface area contributed by atoms with Gasteiger partial charge in [-0.3, -0.25) is 4.79 Å². The molecule has 1 aliphatic rings. The third-order valence-electron chi connectivity index (χ3n) is 5.86. The van der Waals surface area contributed by atoms with Gasteiger partial charge in [-0.25, -0.2) is 0 Å². The zero-order valence-electron chi connectivity index (χ0n) is 17.6. The van der Waals surface area contributed by atoms with Crippen molar-refractivity contribution in [2.45, 2.75) is 52.2 Å². The summed E-state index contributed by atoms with van der Waals surface area (Å²) in [7, 11) is -2.54. The number of ether oxygens (including phenoxy) is 1. The predicted octanol–water partition coefficient (Wildman–Crippen LogP) is 4.15. The fraction of sp³-hybridized carbons (Fsp3) is 0.458. The van der Waals surface area contributed by atoms with Crippen molar-refractivity contribution in [2.75, 3.05) is 6.61 Å². The largest absolute Gasteiger partial charge is 0.462 e. The van der Waals surface area contributed by atoms with Gasteiger partial charge in [-0.2, -0.15) is 0 Å². The molecule has 0 aliphatic carbocycles. The van der Waals surface area contributed by atoms with E-state index in [-0.39, 0.29) is 28.9 Å². The zero-order valence-corrected chi connectivity index (χ0v) is 18.6. The minimum atomic E-state index is -2.54. The van der Waals surface area contributed by atoms with E-state index in [0.717, 1.165) is 0 Å². The summed E-state index contributed by atoms with van der Waals surface area (Å²) in [5.41, 5.74) is 0. The maximum absolute atomic E-state index is 11.7. The van der Waals surface area contributed by atoms with Gasteiger partial charge in [0, 0.05) is 18.4 Å². The maximum atomic E-state index is 11.7. The molecule has 3 atom stereocenters. The van der Waals surface area contributed by atoms with Gasteiger partial charge in [-0.05, 0) is 15.4 Å². The summed E-state index contributed by atoms with van der Waals surface area (Å²) >= 11 is 0. The van der Waals surface area contributed by atoms with E-state index in [9.17, 15) is 4.79 Å². The Morgan fingerprint density at radius 1 is 1.04 bits per heavy atom. The van der Waals surface area contributed by atoms with Crippen LogP contribution in [0.4, 0.5) is 0 Å². The van der Waals surface area contributed by atoms with Gasteiger partial charge in [0.1, 0.15) is 6.10 Å². The van der Waals surface area contributed by atoms with Crippen molar-refractivity contribution in [3.05, 3.63) is 60.7 Å². The molecule has 4 heteroatoms. The molecule has 0 spiro atoms. The van der Waals surface area contributed by atoms with Crippen molar-refractivity contribution in [2.24, 2.45) is 11.8 Å². The SMILES string of the molecule is C[C@H](CO[Si](c1ccccc1)(c1ccccc1)C(C)(C)C)[C@H]1OC(=O)C[C@@H]1C. The minimum absolute atomic E-state index is 0.0482. The van der Waals surface area contributed by atoms with E-state index in [1.165, 1.54) is 10.4 Å². The molecule has 1 aliphatic heterocycles. The molecule has 0 N–H and O–H groups in total. The van der Waals surface area contributed by atoms with E-state index in [4.69, 9.17) is 9.16 Å². The lowest BCUT2D eigenvalue weighted by Gasteiger charge is -2.44. The first-order valence-corrected chi connectivity index (χ1v) is 12.1. The van der Waals surface area contributed by atoms with Crippen molar-refractivity contribution >= 4 is 24.7 Å². The average Bonchev–Trinajstić information content (AvgIpc) is 3.01. The summed E-state index contributed by atoms with van der Waals surface area (Å²) in [5.74, 6) is 0.308. The number of rotatable bonds is 6. The highest BCUT2D eigenvalue weighted by Gasteiger charge is 2.50. The number of esters is 1. The van der Waals surface area contributed by atoms with E-state index < -0.39 is 8.32 Å². The Labute approximate surface area is 170 Å². The summed E-state index contributed by atoms with van der Waals surface area (Å²) in [6, 6.07) is 21.3. The molecule has 0 amide bonds. The lowest BCUT2D eigenvalue weighted by Crippen LogP contribution is -2.67. The van der Waals surface area contributed by atoms with Gasteiger partial charge < -0.3 is 9.16 Å². The fourth-order valence-electron chi connectivity index (χ4n) is 4.48. The number of hydrogen-bond donors (Lipinski definition) is 0. The quantitative estimate of drug-likeness (QED) is 0.543. The van der Waals surface area contributed by atoms with Crippen molar-refractivity contribution in [1.82, 2.24) is 0 Å². The standard InChI is InChI=1S/C24H32O3Si/c1-18-16-22(25)27-23(18)19(2)17-26-28(24(3,4)5,20-12-8-6-9-13-20)21-14-10-7-11-15-21/h6-15,18-19,23H,16-17H2,1-5H3/t18-,19+,23-/m0/s1. The van der Waals surface area contributed by atoms with Crippen molar-refractivity contribution < 1.29 is 14.0 Å². The van der Waals surface area contributed by atoms with Crippen LogP contribution in [0.25, 0.3) is 0 Å². The minimum Gasteiger partial charge on any atom is -0.462 e. The maximum Gasteiger partial charge on any atom is 0.306 e. The van der Waals surface area contributed by atoms with Gasteiger partial charge >= 0.3 is 5.97 Å². The Bertz CT molecular complexity index is 743. The highest BCUT2D eigenvalue weighted by atomic mass is 28.4. The Balaban J connectivity index is 1.98. The Kier molecular flexibility index (Phi) is 6.11. The van der Waals surface area contributed by atoms with Crippen LogP contribution in [0.2, 0.25) is 5.04 Å². The second-order valence-electron chi connectivity index (χ2n) is 9.09. The smallest absolute Gasteiger partial charge is 0.306 e. The van der Waals surface area contributed by atoms with Crippen LogP contribution < -0.4 is 10.4 Å². The van der Waals surface area contributed by atoms with Crippen molar-refractivity contribution in [3.63, 3.8) is 0 Å². The summed E-state index contributed by atoms with van der Waals surface area (Å²) in [6.45, 7) is 11.6. The highest BCUT2D eigenvalue weighted by molar-refractivity contribution is 6.99. The first-order chi connectivity index (χ1) is 13.3. The molecule has 2 aromatic rings. The summed E-state index contributed by atoms with van der Waals surface area (Å²) in [5, 5.41) is 2.50. The molecule has 0 unspecified atom stereocenters. The number of benzene rings is 2. The van der Waals surface area contributed by atoms with Gasteiger partial charge in [-0.1, -0.05) is 95.3 Å². The van der Waals surface area contributed by atoms with Crippen LogP contribution in [0.15, 0.2) is 60.7 Å². The highest BCUT2D eigenvalue weighted by Crippen LogP contribution is 2.37. The van der Waals surface area contributed by atoms with Gasteiger partial charge in [0.25, 0.3) is 8.32 Å². The molecule has 1 saturated heterocycles. The second kappa shape index (κ2) is 8.22. The Morgan fingerprint density at radius 3 is 1.93 bits per heavy atom. The Morgan fingerprint density at radius 2 is 1.54 bits per heavy atom. The third kappa shape index (κ3) is 3.94. The second-order valence-corrected chi connectivity index (χ2v) is 13.4. The molecular formula is C24H32O3Si. The molecule has 2 aromatic carbocycles. The van der Waals surface area contributed by atoms with Crippen LogP contribution in [0.3, 0.4) is 0 Å². The van der Waals surface area contributed by atoms with Gasteiger partial charge in [0.2, 0.25) is 0 Å².